The molecule has 20 heavy (non-hydrogen) atoms. The molecule has 1 aromatic rings. The number of halogens is 1. The van der Waals surface area contributed by atoms with Gasteiger partial charge in [0, 0.05) is 18.2 Å². The molecule has 1 fully saturated rings. The van der Waals surface area contributed by atoms with E-state index < -0.39 is 5.91 Å². The van der Waals surface area contributed by atoms with E-state index in [2.05, 4.69) is 19.2 Å². The average Bonchev–Trinajstić information content (AvgIpc) is 2.41. The Bertz CT molecular complexity index is 491. The Balaban J connectivity index is 2.09. The van der Waals surface area contributed by atoms with Crippen molar-refractivity contribution in [1.29, 1.82) is 0 Å². The summed E-state index contributed by atoms with van der Waals surface area (Å²) in [5, 5.41) is 3.17. The molecule has 0 spiro atoms. The van der Waals surface area contributed by atoms with E-state index in [9.17, 15) is 9.18 Å². The maximum absolute atomic E-state index is 13.8. The number of rotatable bonds is 4. The summed E-state index contributed by atoms with van der Waals surface area (Å²) in [5.74, 6) is -0.496. The summed E-state index contributed by atoms with van der Waals surface area (Å²) in [4.78, 5) is 11.2. The third-order valence-electron chi connectivity index (χ3n) is 3.67. The molecule has 3 N–H and O–H groups in total. The van der Waals surface area contributed by atoms with Gasteiger partial charge in [-0.05, 0) is 37.0 Å². The van der Waals surface area contributed by atoms with Crippen molar-refractivity contribution in [3.05, 3.63) is 29.6 Å². The van der Waals surface area contributed by atoms with Gasteiger partial charge in [0.15, 0.2) is 0 Å². The van der Waals surface area contributed by atoms with Gasteiger partial charge in [-0.25, -0.2) is 4.39 Å². The molecule has 0 aliphatic carbocycles. The molecule has 110 valence electrons. The number of hydrogen-bond donors (Lipinski definition) is 2. The molecule has 1 aliphatic rings. The van der Waals surface area contributed by atoms with Crippen molar-refractivity contribution in [2.45, 2.75) is 38.8 Å². The number of benzene rings is 1. The van der Waals surface area contributed by atoms with Gasteiger partial charge in [-0.2, -0.15) is 0 Å². The van der Waals surface area contributed by atoms with Gasteiger partial charge in [0.1, 0.15) is 5.82 Å². The molecule has 2 atom stereocenters. The predicted octanol–water partition coefficient (Wildman–Crippen LogP) is 2.54. The smallest absolute Gasteiger partial charge is 0.248 e. The number of primary amides is 1. The molecule has 0 aromatic heterocycles. The first-order valence-electron chi connectivity index (χ1n) is 6.95. The van der Waals surface area contributed by atoms with Crippen molar-refractivity contribution in [2.24, 2.45) is 11.7 Å². The molecule has 5 heteroatoms. The molecule has 0 bridgehead atoms. The Morgan fingerprint density at radius 2 is 2.25 bits per heavy atom. The fourth-order valence-corrected chi connectivity index (χ4v) is 2.43. The summed E-state index contributed by atoms with van der Waals surface area (Å²) in [6.45, 7) is 4.89. The van der Waals surface area contributed by atoms with Gasteiger partial charge >= 0.3 is 0 Å². The lowest BCUT2D eigenvalue weighted by Crippen LogP contribution is -2.36. The first-order valence-corrected chi connectivity index (χ1v) is 6.95. The summed E-state index contributed by atoms with van der Waals surface area (Å²) < 4.78 is 19.5. The molecule has 1 aromatic carbocycles. The Morgan fingerprint density at radius 3 is 2.90 bits per heavy atom. The maximum Gasteiger partial charge on any atom is 0.248 e. The normalized spacial score (nSPS) is 22.8. The second-order valence-electron chi connectivity index (χ2n) is 5.58. The molecular weight excluding hydrogens is 259 g/mol. The monoisotopic (exact) mass is 280 g/mol. The van der Waals surface area contributed by atoms with Crippen LogP contribution in [0.5, 0.6) is 0 Å². The zero-order chi connectivity index (χ0) is 14.7. The molecule has 1 heterocycles. The minimum atomic E-state index is -0.555. The Morgan fingerprint density at radius 1 is 1.50 bits per heavy atom. The van der Waals surface area contributed by atoms with Crippen LogP contribution in [0.2, 0.25) is 0 Å². The molecule has 4 nitrogen and oxygen atoms in total. The Labute approximate surface area is 118 Å². The number of ether oxygens (including phenoxy) is 1. The van der Waals surface area contributed by atoms with Crippen LogP contribution in [-0.2, 0) is 4.74 Å². The number of hydrogen-bond acceptors (Lipinski definition) is 3. The summed E-state index contributed by atoms with van der Waals surface area (Å²) in [6, 6.07) is 4.27. The van der Waals surface area contributed by atoms with E-state index in [-0.39, 0.29) is 18.0 Å². The molecular formula is C15H21FN2O2. The largest absolute Gasteiger partial charge is 0.380 e. The van der Waals surface area contributed by atoms with Gasteiger partial charge in [0.05, 0.1) is 11.8 Å². The highest BCUT2D eigenvalue weighted by Crippen LogP contribution is 2.25. The third kappa shape index (κ3) is 3.48. The SMILES string of the molecule is CC(C)C1CC(Nc2cc(C(N)=O)ccc2F)CCO1. The van der Waals surface area contributed by atoms with Crippen molar-refractivity contribution in [3.63, 3.8) is 0 Å². The minimum Gasteiger partial charge on any atom is -0.380 e. The van der Waals surface area contributed by atoms with Gasteiger partial charge in [-0.1, -0.05) is 13.8 Å². The number of nitrogens with two attached hydrogens (primary N) is 1. The van der Waals surface area contributed by atoms with E-state index >= 15 is 0 Å². The number of nitrogens with one attached hydrogen (secondary N) is 1. The van der Waals surface area contributed by atoms with Crippen LogP contribution < -0.4 is 11.1 Å². The van der Waals surface area contributed by atoms with Crippen LogP contribution in [0.25, 0.3) is 0 Å². The predicted molar refractivity (Wildman–Crippen MR) is 76.1 cm³/mol. The van der Waals surface area contributed by atoms with Crippen molar-refractivity contribution in [3.8, 4) is 0 Å². The molecule has 1 amide bonds. The molecule has 1 aliphatic heterocycles. The quantitative estimate of drug-likeness (QED) is 0.890. The number of carbonyl (C=O) groups excluding carboxylic acids is 1. The Hall–Kier alpha value is -1.62. The molecule has 0 radical (unpaired) electrons. The summed E-state index contributed by atoms with van der Waals surface area (Å²) in [5.41, 5.74) is 5.85. The fourth-order valence-electron chi connectivity index (χ4n) is 2.43. The van der Waals surface area contributed by atoms with Crippen LogP contribution >= 0.6 is 0 Å². The van der Waals surface area contributed by atoms with Gasteiger partial charge in [-0.15, -0.1) is 0 Å². The van der Waals surface area contributed by atoms with E-state index in [0.29, 0.717) is 23.8 Å². The van der Waals surface area contributed by atoms with Crippen LogP contribution in [-0.4, -0.2) is 24.7 Å². The highest BCUT2D eigenvalue weighted by atomic mass is 19.1. The van der Waals surface area contributed by atoms with E-state index in [4.69, 9.17) is 10.5 Å². The third-order valence-corrected chi connectivity index (χ3v) is 3.67. The number of amides is 1. The first-order chi connectivity index (χ1) is 9.47. The van der Waals surface area contributed by atoms with E-state index in [1.54, 1.807) is 0 Å². The van der Waals surface area contributed by atoms with Crippen molar-refractivity contribution in [1.82, 2.24) is 0 Å². The highest BCUT2D eigenvalue weighted by Gasteiger charge is 2.25. The van der Waals surface area contributed by atoms with Gasteiger partial charge in [-0.3, -0.25) is 4.79 Å². The van der Waals surface area contributed by atoms with Crippen molar-refractivity contribution >= 4 is 11.6 Å². The topological polar surface area (TPSA) is 64.3 Å². The summed E-state index contributed by atoms with van der Waals surface area (Å²) in [7, 11) is 0. The van der Waals surface area contributed by atoms with Crippen molar-refractivity contribution in [2.75, 3.05) is 11.9 Å². The highest BCUT2D eigenvalue weighted by molar-refractivity contribution is 5.93. The minimum absolute atomic E-state index is 0.147. The zero-order valence-electron chi connectivity index (χ0n) is 11.9. The van der Waals surface area contributed by atoms with Crippen LogP contribution in [0.3, 0.4) is 0 Å². The van der Waals surface area contributed by atoms with Crippen LogP contribution in [0.1, 0.15) is 37.0 Å². The number of carbonyl (C=O) groups is 1. The summed E-state index contributed by atoms with van der Waals surface area (Å²) >= 11 is 0. The van der Waals surface area contributed by atoms with Crippen LogP contribution in [0.15, 0.2) is 18.2 Å². The Kier molecular flexibility index (Phi) is 4.60. The van der Waals surface area contributed by atoms with Crippen LogP contribution in [0.4, 0.5) is 10.1 Å². The van der Waals surface area contributed by atoms with Crippen LogP contribution in [0, 0.1) is 11.7 Å². The average molecular weight is 280 g/mol. The van der Waals surface area contributed by atoms with E-state index in [1.807, 2.05) is 0 Å². The standard InChI is InChI=1S/C15H21FN2O2/c1-9(2)14-8-11(5-6-20-14)18-13-7-10(15(17)19)3-4-12(13)16/h3-4,7,9,11,14,18H,5-6,8H2,1-2H3,(H2,17,19). The molecule has 2 rings (SSSR count). The zero-order valence-corrected chi connectivity index (χ0v) is 11.9. The van der Waals surface area contributed by atoms with Gasteiger partial charge in [0.2, 0.25) is 5.91 Å². The lowest BCUT2D eigenvalue weighted by Gasteiger charge is -2.33. The fraction of sp³-hybridized carbons (Fsp3) is 0.533. The van der Waals surface area contributed by atoms with Crippen molar-refractivity contribution < 1.29 is 13.9 Å². The molecule has 2 unspecified atom stereocenters. The molecule has 1 saturated heterocycles. The van der Waals surface area contributed by atoms with Gasteiger partial charge in [0.25, 0.3) is 0 Å². The van der Waals surface area contributed by atoms with E-state index in [0.717, 1.165) is 12.8 Å². The first kappa shape index (κ1) is 14.8. The lowest BCUT2D eigenvalue weighted by atomic mass is 9.95. The second kappa shape index (κ2) is 6.22. The maximum atomic E-state index is 13.8. The lowest BCUT2D eigenvalue weighted by molar-refractivity contribution is -0.0161. The van der Waals surface area contributed by atoms with E-state index in [1.165, 1.54) is 18.2 Å². The van der Waals surface area contributed by atoms with Gasteiger partial charge < -0.3 is 15.8 Å². The second-order valence-corrected chi connectivity index (χ2v) is 5.58. The number of anilines is 1. The summed E-state index contributed by atoms with van der Waals surface area (Å²) in [6.07, 6.45) is 1.84. The molecule has 0 saturated carbocycles.